The Morgan fingerprint density at radius 3 is 2.14 bits per heavy atom. The van der Waals surface area contributed by atoms with Crippen LogP contribution >= 0.6 is 15.9 Å². The largest absolute Gasteiger partial charge is 0.523 e. The van der Waals surface area contributed by atoms with Crippen LogP contribution in [0.1, 0.15) is 38.0 Å². The number of alkyl halides is 4. The summed E-state index contributed by atoms with van der Waals surface area (Å²) >= 11 is 3.00. The van der Waals surface area contributed by atoms with Crippen LogP contribution in [0, 0.1) is 0 Å². The van der Waals surface area contributed by atoms with E-state index >= 15 is 0 Å². The lowest BCUT2D eigenvalue weighted by atomic mass is 10.0. The van der Waals surface area contributed by atoms with Gasteiger partial charge in [-0.2, -0.15) is 0 Å². The van der Waals surface area contributed by atoms with E-state index in [-0.39, 0.29) is 11.8 Å². The molecule has 0 saturated carbocycles. The Bertz CT molecular complexity index is 659. The number of carbonyl (C=O) groups excluding carboxylic acids is 2. The molecule has 0 aliphatic heterocycles. The normalized spacial score (nSPS) is 14.1. The van der Waals surface area contributed by atoms with Crippen molar-refractivity contribution in [2.75, 3.05) is 12.4 Å². The summed E-state index contributed by atoms with van der Waals surface area (Å²) in [5.41, 5.74) is 0.179. The zero-order chi connectivity index (χ0) is 21.5. The van der Waals surface area contributed by atoms with E-state index < -0.39 is 36.2 Å². The topological polar surface area (TPSA) is 73.9 Å². The minimum absolute atomic E-state index is 0.0448. The first kappa shape index (κ1) is 24.2. The second-order valence-corrected chi connectivity index (χ2v) is 7.52. The Morgan fingerprint density at radius 2 is 1.71 bits per heavy atom. The van der Waals surface area contributed by atoms with E-state index in [9.17, 15) is 22.8 Å². The second kappa shape index (κ2) is 10.1. The minimum atomic E-state index is -4.76. The highest BCUT2D eigenvalue weighted by Crippen LogP contribution is 2.29. The molecule has 28 heavy (non-hydrogen) atoms. The first-order chi connectivity index (χ1) is 12.8. The van der Waals surface area contributed by atoms with Gasteiger partial charge in [-0.05, 0) is 31.9 Å². The predicted molar refractivity (Wildman–Crippen MR) is 99.0 cm³/mol. The van der Waals surface area contributed by atoms with Crippen molar-refractivity contribution in [3.63, 3.8) is 0 Å². The van der Waals surface area contributed by atoms with Crippen LogP contribution in [0.25, 0.3) is 0 Å². The second-order valence-electron chi connectivity index (χ2n) is 6.87. The summed E-state index contributed by atoms with van der Waals surface area (Å²) in [6, 6.07) is 5.03. The number of carbonyl (C=O) groups is 2. The van der Waals surface area contributed by atoms with Gasteiger partial charge in [-0.3, -0.25) is 4.74 Å². The molecule has 0 saturated heterocycles. The fraction of sp³-hybridized carbons (Fsp3) is 0.556. The summed E-state index contributed by atoms with van der Waals surface area (Å²) in [6.07, 6.45) is -6.67. The van der Waals surface area contributed by atoms with E-state index in [1.54, 1.807) is 32.9 Å². The number of nitrogens with one attached hydrogen (secondary N) is 1. The molecule has 0 aliphatic rings. The molecule has 1 aromatic rings. The Labute approximate surface area is 169 Å². The summed E-state index contributed by atoms with van der Waals surface area (Å²) < 4.78 is 51.2. The number of halogens is 4. The summed E-state index contributed by atoms with van der Waals surface area (Å²) in [6.45, 7) is 5.05. The third-order valence-electron chi connectivity index (χ3n) is 3.38. The zero-order valence-corrected chi connectivity index (χ0v) is 17.5. The Kier molecular flexibility index (Phi) is 8.75. The number of benzene rings is 1. The molecule has 1 amide bonds. The lowest BCUT2D eigenvalue weighted by molar-refractivity contribution is -0.341. The minimum Gasteiger partial charge on any atom is -0.467 e. The van der Waals surface area contributed by atoms with Gasteiger partial charge in [-0.1, -0.05) is 40.2 Å². The number of amides is 1. The van der Waals surface area contributed by atoms with Gasteiger partial charge in [0.2, 0.25) is 0 Å². The molecular formula is C18H23BrF3NO5. The summed E-state index contributed by atoms with van der Waals surface area (Å²) in [5, 5.41) is 2.39. The van der Waals surface area contributed by atoms with Crippen LogP contribution in [0.2, 0.25) is 0 Å². The van der Waals surface area contributed by atoms with Crippen molar-refractivity contribution in [1.82, 2.24) is 5.32 Å². The highest BCUT2D eigenvalue weighted by molar-refractivity contribution is 9.09. The number of hydrogen-bond donors (Lipinski definition) is 1. The van der Waals surface area contributed by atoms with Gasteiger partial charge < -0.3 is 14.8 Å². The van der Waals surface area contributed by atoms with Gasteiger partial charge in [0, 0.05) is 11.8 Å². The molecule has 0 heterocycles. The molecule has 1 rings (SSSR count). The highest BCUT2D eigenvalue weighted by atomic mass is 79.9. The van der Waals surface area contributed by atoms with Crippen LogP contribution < -0.4 is 5.32 Å². The van der Waals surface area contributed by atoms with Crippen LogP contribution in [0.5, 0.6) is 0 Å². The average Bonchev–Trinajstić information content (AvgIpc) is 2.56. The predicted octanol–water partition coefficient (Wildman–Crippen LogP) is 4.27. The number of ether oxygens (including phenoxy) is 3. The molecule has 0 unspecified atom stereocenters. The van der Waals surface area contributed by atoms with Crippen LogP contribution in [0.4, 0.5) is 18.0 Å². The molecule has 0 radical (unpaired) electrons. The lowest BCUT2D eigenvalue weighted by Gasteiger charge is -2.23. The molecule has 1 aromatic carbocycles. The molecule has 0 aliphatic carbocycles. The van der Waals surface area contributed by atoms with Crippen molar-refractivity contribution in [2.45, 2.75) is 51.3 Å². The third kappa shape index (κ3) is 8.92. The molecule has 0 bridgehead atoms. The van der Waals surface area contributed by atoms with Gasteiger partial charge in [-0.15, -0.1) is 13.2 Å². The molecule has 2 atom stereocenters. The average molecular weight is 470 g/mol. The van der Waals surface area contributed by atoms with Crippen molar-refractivity contribution < 1.29 is 37.0 Å². The summed E-state index contributed by atoms with van der Waals surface area (Å²) in [4.78, 5) is 23.9. The van der Waals surface area contributed by atoms with E-state index in [1.165, 1.54) is 19.2 Å². The molecule has 10 heteroatoms. The number of esters is 1. The maximum Gasteiger partial charge on any atom is 0.523 e. The van der Waals surface area contributed by atoms with E-state index in [1.807, 2.05) is 0 Å². The first-order valence-corrected chi connectivity index (χ1v) is 9.43. The van der Waals surface area contributed by atoms with Crippen LogP contribution in [0.15, 0.2) is 24.3 Å². The number of hydrogen-bond acceptors (Lipinski definition) is 5. The monoisotopic (exact) mass is 469 g/mol. The fourth-order valence-corrected chi connectivity index (χ4v) is 2.75. The zero-order valence-electron chi connectivity index (χ0n) is 15.9. The number of alkyl carbamates (subject to hydrolysis) is 1. The van der Waals surface area contributed by atoms with Crippen molar-refractivity contribution in [1.29, 1.82) is 0 Å². The molecule has 6 nitrogen and oxygen atoms in total. The number of rotatable bonds is 7. The maximum absolute atomic E-state index is 12.4. The molecule has 1 N–H and O–H groups in total. The number of methoxy groups -OCH3 is 1. The summed E-state index contributed by atoms with van der Waals surface area (Å²) in [7, 11) is 1.18. The van der Waals surface area contributed by atoms with Crippen molar-refractivity contribution in [3.05, 3.63) is 35.4 Å². The highest BCUT2D eigenvalue weighted by Gasteiger charge is 2.34. The van der Waals surface area contributed by atoms with Crippen molar-refractivity contribution in [2.24, 2.45) is 0 Å². The van der Waals surface area contributed by atoms with Crippen molar-refractivity contribution in [3.8, 4) is 0 Å². The quantitative estimate of drug-likeness (QED) is 0.476. The van der Waals surface area contributed by atoms with E-state index in [0.717, 1.165) is 0 Å². The van der Waals surface area contributed by atoms with Crippen LogP contribution in [-0.4, -0.2) is 42.5 Å². The standard InChI is InChI=1S/C18H23BrF3NO5/c1-17(2,3)28-16(25)23-13(15(24)26-4)9-11-5-7-12(8-6-11)14(10-19)27-18(20,21)22/h5-8,13-14H,9-10H2,1-4H3,(H,23,25)/t13-,14+/m0/s1. The smallest absolute Gasteiger partial charge is 0.467 e. The van der Waals surface area contributed by atoms with E-state index in [2.05, 4.69) is 30.7 Å². The summed E-state index contributed by atoms with van der Waals surface area (Å²) in [5.74, 6) is -0.673. The third-order valence-corrected chi connectivity index (χ3v) is 3.97. The first-order valence-electron chi connectivity index (χ1n) is 8.31. The SMILES string of the molecule is COC(=O)[C@H](Cc1ccc([C@@H](CBr)OC(F)(F)F)cc1)NC(=O)OC(C)(C)C. The van der Waals surface area contributed by atoms with Gasteiger partial charge in [0.1, 0.15) is 17.7 Å². The van der Waals surface area contributed by atoms with Gasteiger partial charge in [0.05, 0.1) is 7.11 Å². The Morgan fingerprint density at radius 1 is 1.14 bits per heavy atom. The fourth-order valence-electron chi connectivity index (χ4n) is 2.24. The van der Waals surface area contributed by atoms with Gasteiger partial charge in [-0.25, -0.2) is 9.59 Å². The molecule has 0 spiro atoms. The van der Waals surface area contributed by atoms with Gasteiger partial charge in [0.15, 0.2) is 0 Å². The molecule has 0 fully saturated rings. The lowest BCUT2D eigenvalue weighted by Crippen LogP contribution is -2.45. The Balaban J connectivity index is 2.86. The van der Waals surface area contributed by atoms with Crippen LogP contribution in [-0.2, 0) is 25.4 Å². The van der Waals surface area contributed by atoms with E-state index in [0.29, 0.717) is 11.1 Å². The Hall–Kier alpha value is -1.81. The molecule has 158 valence electrons. The van der Waals surface area contributed by atoms with E-state index in [4.69, 9.17) is 4.74 Å². The van der Waals surface area contributed by atoms with Gasteiger partial charge in [0.25, 0.3) is 0 Å². The van der Waals surface area contributed by atoms with Crippen molar-refractivity contribution >= 4 is 28.0 Å². The van der Waals surface area contributed by atoms with Gasteiger partial charge >= 0.3 is 18.4 Å². The maximum atomic E-state index is 12.4. The molecular weight excluding hydrogens is 447 g/mol. The van der Waals surface area contributed by atoms with Crippen LogP contribution in [0.3, 0.4) is 0 Å². The molecule has 0 aromatic heterocycles.